The fourth-order valence-corrected chi connectivity index (χ4v) is 7.82. The standard InChI is InChI=1S/C42H46N4O/c1-8-30-13-12-14-31(9-2)42(30)41-28(6)44-46(29(41)7)33-22-32(26(3)4)23-35(24-33)47-34-17-18-37-36-15-10-11-16-38(36)45(39(37)25-34)40-21-27(5)19-20-43-40/h10-11,13,15-26,31,42H,8-9,12,14H2,1-7H3/t31-,42+/m0/s1. The Bertz CT molecular complexity index is 2130. The molecule has 0 aliphatic heterocycles. The van der Waals surface area contributed by atoms with Crippen LogP contribution >= 0.6 is 0 Å². The van der Waals surface area contributed by atoms with E-state index in [4.69, 9.17) is 14.8 Å². The van der Waals surface area contributed by atoms with Crippen LogP contribution in [0.4, 0.5) is 0 Å². The number of fused-ring (bicyclic) bond motifs is 3. The van der Waals surface area contributed by atoms with Gasteiger partial charge in [-0.25, -0.2) is 9.67 Å². The fourth-order valence-electron chi connectivity index (χ4n) is 7.82. The summed E-state index contributed by atoms with van der Waals surface area (Å²) >= 11 is 0. The van der Waals surface area contributed by atoms with Crippen LogP contribution in [0, 0.1) is 26.7 Å². The number of hydrogen-bond donors (Lipinski definition) is 0. The second-order valence-electron chi connectivity index (χ2n) is 13.6. The number of hydrogen-bond acceptors (Lipinski definition) is 3. The first-order valence-corrected chi connectivity index (χ1v) is 17.3. The summed E-state index contributed by atoms with van der Waals surface area (Å²) in [6.45, 7) is 15.7. The SMILES string of the molecule is CCC1=CCC[C@H](CC)[C@@H]1c1c(C)nn(-c2cc(Oc3ccc4c5ccccc5n(-c5cc(C)ccn5)c4c3)cc(C(C)C)c2)c1C. The lowest BCUT2D eigenvalue weighted by Crippen LogP contribution is -2.19. The van der Waals surface area contributed by atoms with Gasteiger partial charge in [-0.2, -0.15) is 5.10 Å². The van der Waals surface area contributed by atoms with Gasteiger partial charge in [-0.15, -0.1) is 0 Å². The molecule has 0 fully saturated rings. The minimum absolute atomic E-state index is 0.337. The predicted molar refractivity (Wildman–Crippen MR) is 195 cm³/mol. The molecule has 0 unspecified atom stereocenters. The van der Waals surface area contributed by atoms with Crippen LogP contribution in [0.1, 0.15) is 93.3 Å². The topological polar surface area (TPSA) is 44.9 Å². The van der Waals surface area contributed by atoms with E-state index in [-0.39, 0.29) is 0 Å². The van der Waals surface area contributed by atoms with Gasteiger partial charge in [0.15, 0.2) is 0 Å². The van der Waals surface area contributed by atoms with Crippen molar-refractivity contribution in [3.8, 4) is 23.0 Å². The highest BCUT2D eigenvalue weighted by Crippen LogP contribution is 2.44. The van der Waals surface area contributed by atoms with Crippen molar-refractivity contribution < 1.29 is 4.74 Å². The molecule has 3 aromatic heterocycles. The zero-order valence-electron chi connectivity index (χ0n) is 28.8. The monoisotopic (exact) mass is 622 g/mol. The molecule has 3 heterocycles. The van der Waals surface area contributed by atoms with E-state index in [2.05, 4.69) is 131 Å². The number of nitrogens with zero attached hydrogens (tertiary/aromatic N) is 4. The van der Waals surface area contributed by atoms with Gasteiger partial charge in [0.2, 0.25) is 0 Å². The number of ether oxygens (including phenoxy) is 1. The van der Waals surface area contributed by atoms with E-state index in [9.17, 15) is 0 Å². The highest BCUT2D eigenvalue weighted by Gasteiger charge is 2.32. The second kappa shape index (κ2) is 12.5. The molecule has 0 saturated carbocycles. The number of pyridine rings is 1. The van der Waals surface area contributed by atoms with E-state index in [1.807, 2.05) is 12.3 Å². The Hall–Kier alpha value is -4.64. The lowest BCUT2D eigenvalue weighted by molar-refractivity contribution is 0.393. The van der Waals surface area contributed by atoms with E-state index < -0.39 is 0 Å². The van der Waals surface area contributed by atoms with E-state index in [1.165, 1.54) is 52.4 Å². The molecule has 0 spiro atoms. The predicted octanol–water partition coefficient (Wildman–Crippen LogP) is 11.4. The second-order valence-corrected chi connectivity index (χ2v) is 13.6. The van der Waals surface area contributed by atoms with Crippen molar-refractivity contribution >= 4 is 21.8 Å². The molecule has 6 aromatic rings. The Morgan fingerprint density at radius 2 is 1.68 bits per heavy atom. The summed E-state index contributed by atoms with van der Waals surface area (Å²) in [5.74, 6) is 3.95. The van der Waals surface area contributed by atoms with Crippen LogP contribution in [-0.2, 0) is 0 Å². The lowest BCUT2D eigenvalue weighted by atomic mass is 9.72. The third-order valence-electron chi connectivity index (χ3n) is 10.2. The molecule has 1 aliphatic carbocycles. The number of aromatic nitrogens is 4. The molecule has 0 N–H and O–H groups in total. The van der Waals surface area contributed by atoms with E-state index in [1.54, 1.807) is 5.57 Å². The number of benzene rings is 3. The maximum Gasteiger partial charge on any atom is 0.137 e. The summed E-state index contributed by atoms with van der Waals surface area (Å²) in [6.07, 6.45) is 9.09. The van der Waals surface area contributed by atoms with Crippen molar-refractivity contribution in [1.82, 2.24) is 19.3 Å². The van der Waals surface area contributed by atoms with Gasteiger partial charge in [0.1, 0.15) is 17.3 Å². The van der Waals surface area contributed by atoms with Crippen molar-refractivity contribution in [1.29, 1.82) is 0 Å². The highest BCUT2D eigenvalue weighted by atomic mass is 16.5. The van der Waals surface area contributed by atoms with Crippen molar-refractivity contribution in [2.75, 3.05) is 0 Å². The molecule has 5 nitrogen and oxygen atoms in total. The molecule has 7 rings (SSSR count). The molecule has 1 aliphatic rings. The van der Waals surface area contributed by atoms with Gasteiger partial charge >= 0.3 is 0 Å². The minimum atomic E-state index is 0.337. The summed E-state index contributed by atoms with van der Waals surface area (Å²) in [4.78, 5) is 4.75. The summed E-state index contributed by atoms with van der Waals surface area (Å²) in [5, 5.41) is 7.56. The van der Waals surface area contributed by atoms with Gasteiger partial charge in [0.25, 0.3) is 0 Å². The average molecular weight is 623 g/mol. The van der Waals surface area contributed by atoms with Crippen LogP contribution in [0.25, 0.3) is 33.3 Å². The summed E-state index contributed by atoms with van der Waals surface area (Å²) < 4.78 is 11.1. The molecule has 240 valence electrons. The third-order valence-corrected chi connectivity index (χ3v) is 10.2. The van der Waals surface area contributed by atoms with E-state index >= 15 is 0 Å². The Morgan fingerprint density at radius 3 is 2.45 bits per heavy atom. The van der Waals surface area contributed by atoms with Crippen LogP contribution in [-0.4, -0.2) is 19.3 Å². The summed E-state index contributed by atoms with van der Waals surface area (Å²) in [7, 11) is 0. The molecule has 3 aromatic carbocycles. The number of allylic oxidation sites excluding steroid dienone is 2. The fraction of sp³-hybridized carbons (Fsp3) is 0.333. The van der Waals surface area contributed by atoms with E-state index in [0.717, 1.165) is 46.2 Å². The molecule has 0 saturated heterocycles. The quantitative estimate of drug-likeness (QED) is 0.159. The summed E-state index contributed by atoms with van der Waals surface area (Å²) in [5.41, 5.74) is 11.0. The summed E-state index contributed by atoms with van der Waals surface area (Å²) in [6, 6.07) is 25.7. The Kier molecular flexibility index (Phi) is 8.25. The molecular weight excluding hydrogens is 576 g/mol. The lowest BCUT2D eigenvalue weighted by Gasteiger charge is -2.32. The van der Waals surface area contributed by atoms with Crippen LogP contribution in [0.5, 0.6) is 11.5 Å². The Balaban J connectivity index is 1.32. The van der Waals surface area contributed by atoms with Gasteiger partial charge in [-0.3, -0.25) is 4.57 Å². The smallest absolute Gasteiger partial charge is 0.137 e. The van der Waals surface area contributed by atoms with Crippen molar-refractivity contribution in [2.24, 2.45) is 5.92 Å². The largest absolute Gasteiger partial charge is 0.457 e. The minimum Gasteiger partial charge on any atom is -0.457 e. The van der Waals surface area contributed by atoms with Crippen molar-refractivity contribution in [2.45, 2.75) is 86.0 Å². The number of aryl methyl sites for hydroxylation is 2. The van der Waals surface area contributed by atoms with Crippen LogP contribution in [0.3, 0.4) is 0 Å². The molecule has 47 heavy (non-hydrogen) atoms. The van der Waals surface area contributed by atoms with Gasteiger partial charge < -0.3 is 4.74 Å². The maximum absolute atomic E-state index is 6.73. The zero-order chi connectivity index (χ0) is 32.8. The molecule has 0 amide bonds. The van der Waals surface area contributed by atoms with Gasteiger partial charge in [-0.05, 0) is 105 Å². The van der Waals surface area contributed by atoms with Crippen molar-refractivity contribution in [3.63, 3.8) is 0 Å². The van der Waals surface area contributed by atoms with Gasteiger partial charge in [-0.1, -0.05) is 64.0 Å². The third kappa shape index (κ3) is 5.56. The first kappa shape index (κ1) is 31.0. The maximum atomic E-state index is 6.73. The number of rotatable bonds is 8. The molecule has 2 atom stereocenters. The Morgan fingerprint density at radius 1 is 0.872 bits per heavy atom. The average Bonchev–Trinajstić information content (AvgIpc) is 3.56. The molecular formula is C42H46N4O. The van der Waals surface area contributed by atoms with Gasteiger partial charge in [0.05, 0.1) is 22.4 Å². The number of para-hydroxylation sites is 1. The molecule has 0 radical (unpaired) electrons. The molecule has 5 heteroatoms. The van der Waals surface area contributed by atoms with E-state index in [0.29, 0.717) is 17.8 Å². The van der Waals surface area contributed by atoms with Gasteiger partial charge in [0, 0.05) is 46.3 Å². The zero-order valence-corrected chi connectivity index (χ0v) is 28.8. The highest BCUT2D eigenvalue weighted by molar-refractivity contribution is 6.09. The first-order chi connectivity index (χ1) is 22.8. The van der Waals surface area contributed by atoms with Crippen LogP contribution in [0.2, 0.25) is 0 Å². The first-order valence-electron chi connectivity index (χ1n) is 17.3. The van der Waals surface area contributed by atoms with Crippen molar-refractivity contribution in [3.05, 3.63) is 119 Å². The van der Waals surface area contributed by atoms with Crippen LogP contribution in [0.15, 0.2) is 90.6 Å². The Labute approximate surface area is 278 Å². The van der Waals surface area contributed by atoms with Crippen LogP contribution < -0.4 is 4.74 Å². The normalized spacial score (nSPS) is 16.7. The molecule has 0 bridgehead atoms.